The molecule has 1 nitrogen and oxygen atoms in total. The third-order valence-electron chi connectivity index (χ3n) is 6.32. The zero-order valence-corrected chi connectivity index (χ0v) is 14.2. The number of hydrogen-bond acceptors (Lipinski definition) is 1. The minimum atomic E-state index is 0.363. The third kappa shape index (κ3) is 2.21. The smallest absolute Gasteiger partial charge is 0.116 e. The number of phenolic OH excluding ortho intramolecular Hbond substituents is 1. The predicted octanol–water partition coefficient (Wildman–Crippen LogP) is 6.10. The van der Waals surface area contributed by atoms with E-state index in [1.807, 2.05) is 12.1 Å². The molecule has 0 saturated heterocycles. The number of phenols is 1. The van der Waals surface area contributed by atoms with E-state index in [-0.39, 0.29) is 0 Å². The largest absolute Gasteiger partial charge is 0.508 e. The zero-order valence-electron chi connectivity index (χ0n) is 14.2. The van der Waals surface area contributed by atoms with Crippen LogP contribution in [0.5, 0.6) is 5.75 Å². The average Bonchev–Trinajstić information content (AvgIpc) is 2.89. The molecule has 0 unspecified atom stereocenters. The summed E-state index contributed by atoms with van der Waals surface area (Å²) in [6, 6.07) is 10.4. The first kappa shape index (κ1) is 14.8. The summed E-state index contributed by atoms with van der Waals surface area (Å²) in [4.78, 5) is 0. The molecular formula is C22H26O. The topological polar surface area (TPSA) is 20.2 Å². The van der Waals surface area contributed by atoms with Crippen LogP contribution in [-0.4, -0.2) is 5.11 Å². The molecule has 0 aromatic heterocycles. The standard InChI is InChI=1S/C22H26O/c1-3-4-5-16-7-11-21-20-9-6-15-14-17(23)8-10-18(15)19(20)12-13-22(16,21)2/h6-10,14,21,23H,3-5,11-13H2,1-2H3/t21-,22+/m0/s1. The van der Waals surface area contributed by atoms with Gasteiger partial charge in [-0.3, -0.25) is 0 Å². The number of aryl methyl sites for hydroxylation is 1. The SMILES string of the molecule is CCCCC1=CC[C@H]2c3ccc4cc(O)ccc4c3CC[C@]12C. The molecule has 0 heterocycles. The van der Waals surface area contributed by atoms with Crippen molar-refractivity contribution in [1.82, 2.24) is 0 Å². The maximum Gasteiger partial charge on any atom is 0.116 e. The Morgan fingerprint density at radius 3 is 2.91 bits per heavy atom. The minimum Gasteiger partial charge on any atom is -0.508 e. The highest BCUT2D eigenvalue weighted by atomic mass is 16.3. The Hall–Kier alpha value is -1.76. The third-order valence-corrected chi connectivity index (χ3v) is 6.32. The second kappa shape index (κ2) is 5.40. The highest BCUT2D eigenvalue weighted by molar-refractivity contribution is 5.88. The van der Waals surface area contributed by atoms with Gasteiger partial charge < -0.3 is 5.11 Å². The van der Waals surface area contributed by atoms with E-state index in [1.165, 1.54) is 48.4 Å². The molecule has 1 N–H and O–H groups in total. The molecule has 2 aromatic carbocycles. The van der Waals surface area contributed by atoms with Gasteiger partial charge >= 0.3 is 0 Å². The highest BCUT2D eigenvalue weighted by Gasteiger charge is 2.44. The van der Waals surface area contributed by atoms with Crippen molar-refractivity contribution in [3.63, 3.8) is 0 Å². The molecule has 2 aliphatic rings. The molecule has 2 aromatic rings. The van der Waals surface area contributed by atoms with Crippen molar-refractivity contribution in [3.8, 4) is 5.75 Å². The van der Waals surface area contributed by atoms with Gasteiger partial charge in [-0.2, -0.15) is 0 Å². The van der Waals surface area contributed by atoms with Crippen LogP contribution >= 0.6 is 0 Å². The molecular weight excluding hydrogens is 280 g/mol. The Morgan fingerprint density at radius 1 is 1.22 bits per heavy atom. The predicted molar refractivity (Wildman–Crippen MR) is 97.0 cm³/mol. The number of aromatic hydroxyl groups is 1. The van der Waals surface area contributed by atoms with E-state index >= 15 is 0 Å². The van der Waals surface area contributed by atoms with Crippen LogP contribution in [0.1, 0.15) is 63.0 Å². The number of hydrogen-bond donors (Lipinski definition) is 1. The molecule has 4 rings (SSSR count). The van der Waals surface area contributed by atoms with Crippen molar-refractivity contribution in [1.29, 1.82) is 0 Å². The van der Waals surface area contributed by atoms with Gasteiger partial charge in [-0.15, -0.1) is 0 Å². The number of rotatable bonds is 3. The lowest BCUT2D eigenvalue weighted by atomic mass is 9.63. The van der Waals surface area contributed by atoms with E-state index in [2.05, 4.69) is 38.1 Å². The van der Waals surface area contributed by atoms with Crippen LogP contribution in [0.3, 0.4) is 0 Å². The Bertz CT molecular complexity index is 786. The summed E-state index contributed by atoms with van der Waals surface area (Å²) < 4.78 is 0. The lowest BCUT2D eigenvalue weighted by Gasteiger charge is -2.41. The van der Waals surface area contributed by atoms with Crippen LogP contribution in [0, 0.1) is 5.41 Å². The summed E-state index contributed by atoms with van der Waals surface area (Å²) in [5.74, 6) is 1.01. The first-order chi connectivity index (χ1) is 11.1. The number of fused-ring (bicyclic) bond motifs is 5. The van der Waals surface area contributed by atoms with Gasteiger partial charge in [0.25, 0.3) is 0 Å². The van der Waals surface area contributed by atoms with E-state index < -0.39 is 0 Å². The van der Waals surface area contributed by atoms with Gasteiger partial charge in [0.15, 0.2) is 0 Å². The summed E-state index contributed by atoms with van der Waals surface area (Å²) in [5.41, 5.74) is 5.16. The monoisotopic (exact) mass is 306 g/mol. The van der Waals surface area contributed by atoms with E-state index in [9.17, 15) is 5.11 Å². The van der Waals surface area contributed by atoms with Crippen molar-refractivity contribution >= 4 is 10.8 Å². The molecule has 0 saturated carbocycles. The van der Waals surface area contributed by atoms with Crippen LogP contribution in [-0.2, 0) is 6.42 Å². The summed E-state index contributed by atoms with van der Waals surface area (Å²) >= 11 is 0. The minimum absolute atomic E-state index is 0.363. The highest BCUT2D eigenvalue weighted by Crippen LogP contribution is 2.57. The summed E-state index contributed by atoms with van der Waals surface area (Å²) in [5, 5.41) is 12.2. The van der Waals surface area contributed by atoms with E-state index in [0.29, 0.717) is 17.1 Å². The number of allylic oxidation sites excluding steroid dienone is 2. The van der Waals surface area contributed by atoms with Crippen LogP contribution in [0.25, 0.3) is 10.8 Å². The van der Waals surface area contributed by atoms with Gasteiger partial charge in [-0.05, 0) is 77.5 Å². The maximum atomic E-state index is 9.73. The van der Waals surface area contributed by atoms with Crippen molar-refractivity contribution in [3.05, 3.63) is 53.1 Å². The Balaban J connectivity index is 1.76. The van der Waals surface area contributed by atoms with Crippen molar-refractivity contribution in [2.24, 2.45) is 5.41 Å². The van der Waals surface area contributed by atoms with Gasteiger partial charge in [-0.25, -0.2) is 0 Å². The first-order valence-corrected chi connectivity index (χ1v) is 9.07. The van der Waals surface area contributed by atoms with Crippen LogP contribution < -0.4 is 0 Å². The lowest BCUT2D eigenvalue weighted by Crippen LogP contribution is -2.29. The fourth-order valence-electron chi connectivity index (χ4n) is 4.93. The van der Waals surface area contributed by atoms with Gasteiger partial charge in [0.2, 0.25) is 0 Å². The molecule has 0 bridgehead atoms. The molecule has 2 aliphatic carbocycles. The van der Waals surface area contributed by atoms with Crippen LogP contribution in [0.15, 0.2) is 42.0 Å². The molecule has 2 atom stereocenters. The van der Waals surface area contributed by atoms with Crippen LogP contribution in [0.4, 0.5) is 0 Å². The van der Waals surface area contributed by atoms with Crippen molar-refractivity contribution < 1.29 is 5.11 Å². The Kier molecular flexibility index (Phi) is 3.48. The Morgan fingerprint density at radius 2 is 2.09 bits per heavy atom. The zero-order chi connectivity index (χ0) is 16.0. The average molecular weight is 306 g/mol. The molecule has 0 aliphatic heterocycles. The second-order valence-corrected chi connectivity index (χ2v) is 7.58. The molecule has 1 heteroatoms. The molecule has 23 heavy (non-hydrogen) atoms. The summed E-state index contributed by atoms with van der Waals surface area (Å²) in [7, 11) is 0. The molecule has 0 radical (unpaired) electrons. The van der Waals surface area contributed by atoms with Crippen molar-refractivity contribution in [2.75, 3.05) is 0 Å². The number of unbranched alkanes of at least 4 members (excludes halogenated alkanes) is 1. The summed E-state index contributed by atoms with van der Waals surface area (Å²) in [6.45, 7) is 4.78. The molecule has 0 fully saturated rings. The van der Waals surface area contributed by atoms with Gasteiger partial charge in [0, 0.05) is 0 Å². The van der Waals surface area contributed by atoms with Crippen LogP contribution in [0.2, 0.25) is 0 Å². The molecule has 0 spiro atoms. The maximum absolute atomic E-state index is 9.73. The molecule has 0 amide bonds. The fourth-order valence-corrected chi connectivity index (χ4v) is 4.93. The summed E-state index contributed by atoms with van der Waals surface area (Å²) in [6.07, 6.45) is 10.0. The lowest BCUT2D eigenvalue weighted by molar-refractivity contribution is 0.285. The second-order valence-electron chi connectivity index (χ2n) is 7.58. The fraction of sp³-hybridized carbons (Fsp3) is 0.455. The Labute approximate surface area is 139 Å². The number of benzene rings is 2. The van der Waals surface area contributed by atoms with E-state index in [0.717, 1.165) is 6.42 Å². The van der Waals surface area contributed by atoms with E-state index in [4.69, 9.17) is 0 Å². The first-order valence-electron chi connectivity index (χ1n) is 9.07. The van der Waals surface area contributed by atoms with Gasteiger partial charge in [0.05, 0.1) is 0 Å². The van der Waals surface area contributed by atoms with Gasteiger partial charge in [0.1, 0.15) is 5.75 Å². The quantitative estimate of drug-likeness (QED) is 0.679. The van der Waals surface area contributed by atoms with E-state index in [1.54, 1.807) is 11.1 Å². The normalized spacial score (nSPS) is 26.0. The molecule has 120 valence electrons. The van der Waals surface area contributed by atoms with Gasteiger partial charge in [-0.1, -0.05) is 50.1 Å². The van der Waals surface area contributed by atoms with Crippen molar-refractivity contribution in [2.45, 2.75) is 58.3 Å².